The molecule has 2 aromatic rings. The van der Waals surface area contributed by atoms with Crippen molar-refractivity contribution in [3.05, 3.63) is 59.2 Å². The highest BCUT2D eigenvalue weighted by Crippen LogP contribution is 2.46. The number of anilines is 1. The van der Waals surface area contributed by atoms with Crippen LogP contribution < -0.4 is 15.4 Å². The van der Waals surface area contributed by atoms with E-state index in [1.807, 2.05) is 56.3 Å². The fraction of sp³-hybridized carbons (Fsp3) is 0.364. The minimum Gasteiger partial charge on any atom is -0.496 e. The Morgan fingerprint density at radius 3 is 2.44 bits per heavy atom. The van der Waals surface area contributed by atoms with Gasteiger partial charge in [0.15, 0.2) is 0 Å². The van der Waals surface area contributed by atoms with Crippen LogP contribution in [0.2, 0.25) is 0 Å². The molecule has 0 atom stereocenters. The Hall–Kier alpha value is -2.82. The monoisotopic (exact) mass is 366 g/mol. The summed E-state index contributed by atoms with van der Waals surface area (Å²) in [5.41, 5.74) is 3.11. The molecule has 1 aliphatic carbocycles. The molecule has 0 aromatic heterocycles. The summed E-state index contributed by atoms with van der Waals surface area (Å²) in [6.07, 6.45) is 1.83. The van der Waals surface area contributed by atoms with Crippen LogP contribution in [0.4, 0.5) is 5.69 Å². The molecule has 5 heteroatoms. The zero-order valence-electron chi connectivity index (χ0n) is 16.1. The van der Waals surface area contributed by atoms with Crippen LogP contribution in [0, 0.1) is 19.3 Å². The summed E-state index contributed by atoms with van der Waals surface area (Å²) >= 11 is 0. The number of amides is 2. The van der Waals surface area contributed by atoms with Crippen LogP contribution in [0.1, 0.15) is 29.5 Å². The lowest BCUT2D eigenvalue weighted by Crippen LogP contribution is -2.40. The van der Waals surface area contributed by atoms with Gasteiger partial charge in [0.2, 0.25) is 11.8 Å². The zero-order valence-corrected chi connectivity index (χ0v) is 16.1. The summed E-state index contributed by atoms with van der Waals surface area (Å²) in [4.78, 5) is 25.3. The Morgan fingerprint density at radius 1 is 1.04 bits per heavy atom. The van der Waals surface area contributed by atoms with Gasteiger partial charge in [-0.2, -0.15) is 0 Å². The van der Waals surface area contributed by atoms with Crippen molar-refractivity contribution in [3.8, 4) is 5.75 Å². The first kappa shape index (κ1) is 19.0. The lowest BCUT2D eigenvalue weighted by molar-refractivity contribution is -0.134. The summed E-state index contributed by atoms with van der Waals surface area (Å²) in [7, 11) is 1.63. The number of hydrogen-bond acceptors (Lipinski definition) is 3. The highest BCUT2D eigenvalue weighted by atomic mass is 16.5. The number of carbonyl (C=O) groups excluding carboxylic acids is 2. The minimum atomic E-state index is -0.931. The Labute approximate surface area is 160 Å². The standard InChI is InChI=1S/C22H26N2O3/c1-15-8-9-18(14-16(15)2)24-21(26)22(11-12-22)20(25)23-13-10-17-6-4-5-7-19(17)27-3/h4-9,14H,10-13H2,1-3H3,(H,23,25)(H,24,26). The van der Waals surface area contributed by atoms with E-state index in [2.05, 4.69) is 10.6 Å². The molecule has 0 bridgehead atoms. The molecule has 3 rings (SSSR count). The van der Waals surface area contributed by atoms with E-state index in [0.717, 1.165) is 22.6 Å². The van der Waals surface area contributed by atoms with E-state index in [-0.39, 0.29) is 11.8 Å². The van der Waals surface area contributed by atoms with E-state index in [1.165, 1.54) is 5.56 Å². The van der Waals surface area contributed by atoms with Gasteiger partial charge in [0.25, 0.3) is 0 Å². The summed E-state index contributed by atoms with van der Waals surface area (Å²) in [6, 6.07) is 13.5. The molecule has 142 valence electrons. The van der Waals surface area contributed by atoms with Crippen molar-refractivity contribution >= 4 is 17.5 Å². The maximum Gasteiger partial charge on any atom is 0.240 e. The third-order valence-corrected chi connectivity index (χ3v) is 5.26. The molecule has 2 amide bonds. The van der Waals surface area contributed by atoms with Crippen molar-refractivity contribution < 1.29 is 14.3 Å². The predicted octanol–water partition coefficient (Wildman–Crippen LogP) is 3.39. The molecule has 0 aliphatic heterocycles. The van der Waals surface area contributed by atoms with Crippen molar-refractivity contribution in [2.75, 3.05) is 19.0 Å². The molecule has 0 radical (unpaired) electrons. The van der Waals surface area contributed by atoms with E-state index in [9.17, 15) is 9.59 Å². The highest BCUT2D eigenvalue weighted by molar-refractivity contribution is 6.13. The van der Waals surface area contributed by atoms with Gasteiger partial charge in [0.1, 0.15) is 11.2 Å². The van der Waals surface area contributed by atoms with Gasteiger partial charge >= 0.3 is 0 Å². The molecule has 1 saturated carbocycles. The lowest BCUT2D eigenvalue weighted by atomic mass is 10.0. The van der Waals surface area contributed by atoms with Crippen molar-refractivity contribution in [1.82, 2.24) is 5.32 Å². The fourth-order valence-electron chi connectivity index (χ4n) is 3.14. The molecule has 5 nitrogen and oxygen atoms in total. The van der Waals surface area contributed by atoms with Gasteiger partial charge in [-0.15, -0.1) is 0 Å². The van der Waals surface area contributed by atoms with Crippen molar-refractivity contribution in [2.45, 2.75) is 33.1 Å². The number of para-hydroxylation sites is 1. The molecule has 27 heavy (non-hydrogen) atoms. The predicted molar refractivity (Wildman–Crippen MR) is 106 cm³/mol. The number of benzene rings is 2. The number of methoxy groups -OCH3 is 1. The first-order valence-electron chi connectivity index (χ1n) is 9.25. The van der Waals surface area contributed by atoms with Gasteiger partial charge < -0.3 is 15.4 Å². The molecule has 0 saturated heterocycles. The molecule has 2 aromatic carbocycles. The molecular weight excluding hydrogens is 340 g/mol. The number of rotatable bonds is 7. The van der Waals surface area contributed by atoms with E-state index < -0.39 is 5.41 Å². The van der Waals surface area contributed by atoms with Crippen molar-refractivity contribution in [3.63, 3.8) is 0 Å². The number of ether oxygens (including phenoxy) is 1. The second kappa shape index (κ2) is 7.82. The zero-order chi connectivity index (χ0) is 19.4. The molecule has 0 heterocycles. The molecule has 0 unspecified atom stereocenters. The fourth-order valence-corrected chi connectivity index (χ4v) is 3.14. The van der Waals surface area contributed by atoms with Gasteiger partial charge in [-0.1, -0.05) is 24.3 Å². The molecule has 1 aliphatic rings. The van der Waals surface area contributed by atoms with Crippen molar-refractivity contribution in [1.29, 1.82) is 0 Å². The summed E-state index contributed by atoms with van der Waals surface area (Å²) in [5.74, 6) is 0.389. The van der Waals surface area contributed by atoms with Crippen LogP contribution in [0.25, 0.3) is 0 Å². The van der Waals surface area contributed by atoms with E-state index >= 15 is 0 Å². The highest BCUT2D eigenvalue weighted by Gasteiger charge is 2.56. The van der Waals surface area contributed by atoms with E-state index in [1.54, 1.807) is 7.11 Å². The summed E-state index contributed by atoms with van der Waals surface area (Å²) in [5, 5.41) is 5.82. The van der Waals surface area contributed by atoms with Gasteiger partial charge in [-0.25, -0.2) is 0 Å². The van der Waals surface area contributed by atoms with Gasteiger partial charge in [-0.3, -0.25) is 9.59 Å². The minimum absolute atomic E-state index is 0.196. The van der Waals surface area contributed by atoms with Gasteiger partial charge in [0.05, 0.1) is 7.11 Å². The van der Waals surface area contributed by atoms with Crippen LogP contribution in [0.5, 0.6) is 5.75 Å². The lowest BCUT2D eigenvalue weighted by Gasteiger charge is -2.16. The summed E-state index contributed by atoms with van der Waals surface area (Å²) in [6.45, 7) is 4.50. The van der Waals surface area contributed by atoms with Gasteiger partial charge in [-0.05, 0) is 68.0 Å². The first-order valence-corrected chi connectivity index (χ1v) is 9.25. The maximum absolute atomic E-state index is 12.7. The first-order chi connectivity index (χ1) is 13.0. The largest absolute Gasteiger partial charge is 0.496 e. The third-order valence-electron chi connectivity index (χ3n) is 5.26. The number of hydrogen-bond donors (Lipinski definition) is 2. The van der Waals surface area contributed by atoms with Crippen LogP contribution in [0.15, 0.2) is 42.5 Å². The van der Waals surface area contributed by atoms with Crippen LogP contribution in [-0.4, -0.2) is 25.5 Å². The third kappa shape index (κ3) is 4.13. The summed E-state index contributed by atoms with van der Waals surface area (Å²) < 4.78 is 5.33. The maximum atomic E-state index is 12.7. The normalized spacial score (nSPS) is 14.3. The topological polar surface area (TPSA) is 67.4 Å². The Morgan fingerprint density at radius 2 is 1.78 bits per heavy atom. The second-order valence-electron chi connectivity index (χ2n) is 7.15. The smallest absolute Gasteiger partial charge is 0.240 e. The van der Waals surface area contributed by atoms with E-state index in [0.29, 0.717) is 25.8 Å². The van der Waals surface area contributed by atoms with Gasteiger partial charge in [0, 0.05) is 12.2 Å². The average Bonchev–Trinajstić information content (AvgIpc) is 3.47. The van der Waals surface area contributed by atoms with Crippen LogP contribution >= 0.6 is 0 Å². The molecule has 0 spiro atoms. The average molecular weight is 366 g/mol. The van der Waals surface area contributed by atoms with Crippen molar-refractivity contribution in [2.24, 2.45) is 5.41 Å². The Bertz CT molecular complexity index is 856. The van der Waals surface area contributed by atoms with Crippen LogP contribution in [-0.2, 0) is 16.0 Å². The molecular formula is C22H26N2O3. The van der Waals surface area contributed by atoms with Crippen LogP contribution in [0.3, 0.4) is 0 Å². The number of aryl methyl sites for hydroxylation is 2. The second-order valence-corrected chi connectivity index (χ2v) is 7.15. The SMILES string of the molecule is COc1ccccc1CCNC(=O)C1(C(=O)Nc2ccc(C)c(C)c2)CC1. The quantitative estimate of drug-likeness (QED) is 0.738. The molecule has 2 N–H and O–H groups in total. The van der Waals surface area contributed by atoms with E-state index in [4.69, 9.17) is 4.74 Å². The Kier molecular flexibility index (Phi) is 5.49. The molecule has 1 fully saturated rings. The Balaban J connectivity index is 1.57. The number of nitrogens with one attached hydrogen (secondary N) is 2. The number of carbonyl (C=O) groups is 2.